The van der Waals surface area contributed by atoms with E-state index in [1.54, 1.807) is 6.92 Å². The molecule has 168 valence electrons. The Kier molecular flexibility index (Phi) is 9.70. The van der Waals surface area contributed by atoms with Crippen molar-refractivity contribution >= 4 is 34.5 Å². The minimum absolute atomic E-state index is 0.00944. The SMILES string of the molecule is CCCC(C)=O.O=C(O)CNC(=O)CNC(=O)Cc1cc(=O)oc2cc(O)c(O)cc12. The molecule has 0 fully saturated rings. The number of fused-ring (bicyclic) bond motifs is 1. The Morgan fingerprint density at radius 1 is 0.968 bits per heavy atom. The van der Waals surface area contributed by atoms with Crippen molar-refractivity contribution in [3.8, 4) is 11.5 Å². The zero-order valence-corrected chi connectivity index (χ0v) is 17.1. The van der Waals surface area contributed by atoms with Crippen LogP contribution in [0.15, 0.2) is 27.4 Å². The summed E-state index contributed by atoms with van der Waals surface area (Å²) < 4.78 is 4.89. The first-order valence-corrected chi connectivity index (χ1v) is 9.26. The molecule has 5 N–H and O–H groups in total. The van der Waals surface area contributed by atoms with Gasteiger partial charge < -0.3 is 35.2 Å². The van der Waals surface area contributed by atoms with Gasteiger partial charge in [0, 0.05) is 23.9 Å². The molecule has 1 aromatic heterocycles. The number of phenols is 2. The minimum atomic E-state index is -1.22. The van der Waals surface area contributed by atoms with Crippen LogP contribution in [0.3, 0.4) is 0 Å². The standard InChI is InChI=1S/C15H14N2O8.C5H10O/c18-9-3-8-7(2-15(24)25-11(8)4-10(9)19)1-12(20)16-5-13(21)17-6-14(22)23;1-3-4-5(2)6/h2-4,18-19H,1,5-6H2,(H,16,20)(H,17,21)(H,22,23);3-4H2,1-2H3. The Morgan fingerprint density at radius 2 is 1.58 bits per heavy atom. The molecule has 0 spiro atoms. The smallest absolute Gasteiger partial charge is 0.336 e. The van der Waals surface area contributed by atoms with Gasteiger partial charge in [-0.15, -0.1) is 0 Å². The molecule has 11 heteroatoms. The van der Waals surface area contributed by atoms with Gasteiger partial charge in [0.05, 0.1) is 13.0 Å². The number of ketones is 1. The highest BCUT2D eigenvalue weighted by Gasteiger charge is 2.14. The number of carbonyl (C=O) groups is 4. The molecule has 31 heavy (non-hydrogen) atoms. The number of rotatable bonds is 8. The molecular formula is C20H24N2O9. The molecule has 0 aliphatic carbocycles. The first-order valence-electron chi connectivity index (χ1n) is 9.26. The van der Waals surface area contributed by atoms with E-state index in [-0.39, 0.29) is 28.7 Å². The van der Waals surface area contributed by atoms with Crippen LogP contribution in [-0.2, 0) is 25.6 Å². The molecule has 2 aromatic rings. The summed E-state index contributed by atoms with van der Waals surface area (Å²) in [5.41, 5.74) is -0.533. The average Bonchev–Trinajstić information content (AvgIpc) is 2.66. The lowest BCUT2D eigenvalue weighted by atomic mass is 10.1. The van der Waals surface area contributed by atoms with Crippen LogP contribution in [0.5, 0.6) is 11.5 Å². The van der Waals surface area contributed by atoms with Gasteiger partial charge in [0.15, 0.2) is 11.5 Å². The number of hydrogen-bond acceptors (Lipinski definition) is 8. The molecule has 0 aliphatic heterocycles. The maximum Gasteiger partial charge on any atom is 0.336 e. The summed E-state index contributed by atoms with van der Waals surface area (Å²) in [6.45, 7) is 2.62. The highest BCUT2D eigenvalue weighted by Crippen LogP contribution is 2.31. The van der Waals surface area contributed by atoms with Gasteiger partial charge >= 0.3 is 11.6 Å². The fourth-order valence-electron chi connectivity index (χ4n) is 2.40. The molecule has 0 atom stereocenters. The molecule has 0 unspecified atom stereocenters. The predicted molar refractivity (Wildman–Crippen MR) is 109 cm³/mol. The lowest BCUT2D eigenvalue weighted by Gasteiger charge is -2.08. The van der Waals surface area contributed by atoms with E-state index in [9.17, 15) is 34.2 Å². The first-order chi connectivity index (χ1) is 14.5. The number of carboxylic acid groups (broad SMARTS) is 1. The van der Waals surface area contributed by atoms with Crippen molar-refractivity contribution in [2.24, 2.45) is 0 Å². The molecule has 1 aromatic carbocycles. The van der Waals surface area contributed by atoms with Gasteiger partial charge in [-0.25, -0.2) is 4.79 Å². The van der Waals surface area contributed by atoms with Crippen molar-refractivity contribution in [1.82, 2.24) is 10.6 Å². The van der Waals surface area contributed by atoms with Crippen molar-refractivity contribution in [3.63, 3.8) is 0 Å². The summed E-state index contributed by atoms with van der Waals surface area (Å²) in [7, 11) is 0. The van der Waals surface area contributed by atoms with Crippen molar-refractivity contribution in [2.75, 3.05) is 13.1 Å². The van der Waals surface area contributed by atoms with Crippen molar-refractivity contribution < 1.29 is 38.9 Å². The van der Waals surface area contributed by atoms with Gasteiger partial charge in [-0.05, 0) is 25.0 Å². The number of Topliss-reactive ketones (excluding diaryl/α,β-unsaturated/α-hetero) is 1. The number of amides is 2. The lowest BCUT2D eigenvalue weighted by Crippen LogP contribution is -2.39. The van der Waals surface area contributed by atoms with Crippen LogP contribution in [0.4, 0.5) is 0 Å². The molecule has 1 heterocycles. The summed E-state index contributed by atoms with van der Waals surface area (Å²) in [5.74, 6) is -3.15. The van der Waals surface area contributed by atoms with Crippen LogP contribution >= 0.6 is 0 Å². The van der Waals surface area contributed by atoms with Crippen LogP contribution in [-0.4, -0.2) is 52.0 Å². The highest BCUT2D eigenvalue weighted by molar-refractivity contribution is 5.91. The maximum atomic E-state index is 11.9. The van der Waals surface area contributed by atoms with Crippen LogP contribution in [0, 0.1) is 0 Å². The average molecular weight is 436 g/mol. The number of nitrogens with one attached hydrogen (secondary N) is 2. The van der Waals surface area contributed by atoms with E-state index in [4.69, 9.17) is 9.52 Å². The van der Waals surface area contributed by atoms with Crippen LogP contribution in [0.1, 0.15) is 32.3 Å². The van der Waals surface area contributed by atoms with Crippen molar-refractivity contribution in [2.45, 2.75) is 33.1 Å². The molecule has 2 rings (SSSR count). The zero-order chi connectivity index (χ0) is 23.6. The Bertz CT molecular complexity index is 1030. The maximum absolute atomic E-state index is 11.9. The van der Waals surface area contributed by atoms with Gasteiger partial charge in [0.2, 0.25) is 11.8 Å². The Balaban J connectivity index is 0.000000703. The third-order valence-electron chi connectivity index (χ3n) is 3.76. The molecule has 0 saturated heterocycles. The van der Waals surface area contributed by atoms with E-state index in [1.165, 1.54) is 0 Å². The number of phenolic OH excluding ortho intramolecular Hbond substituents is 2. The van der Waals surface area contributed by atoms with Crippen LogP contribution < -0.4 is 16.3 Å². The number of aliphatic carboxylic acids is 1. The molecule has 0 bridgehead atoms. The minimum Gasteiger partial charge on any atom is -0.504 e. The van der Waals surface area contributed by atoms with Crippen molar-refractivity contribution in [1.29, 1.82) is 0 Å². The first kappa shape index (κ1) is 25.1. The summed E-state index contributed by atoms with van der Waals surface area (Å²) >= 11 is 0. The van der Waals surface area contributed by atoms with Crippen LogP contribution in [0.2, 0.25) is 0 Å². The van der Waals surface area contributed by atoms with Gasteiger partial charge in [0.1, 0.15) is 17.9 Å². The second-order valence-corrected chi connectivity index (χ2v) is 6.50. The van der Waals surface area contributed by atoms with Gasteiger partial charge in [-0.3, -0.25) is 14.4 Å². The summed E-state index contributed by atoms with van der Waals surface area (Å²) in [6, 6.07) is 3.26. The van der Waals surface area contributed by atoms with E-state index in [2.05, 4.69) is 10.6 Å². The lowest BCUT2D eigenvalue weighted by molar-refractivity contribution is -0.137. The van der Waals surface area contributed by atoms with E-state index >= 15 is 0 Å². The Morgan fingerprint density at radius 3 is 2.13 bits per heavy atom. The number of hydrogen-bond donors (Lipinski definition) is 5. The summed E-state index contributed by atoms with van der Waals surface area (Å²) in [5, 5.41) is 32.0. The normalized spacial score (nSPS) is 10.0. The Hall–Kier alpha value is -3.89. The molecule has 0 radical (unpaired) electrons. The number of aromatic hydroxyl groups is 2. The summed E-state index contributed by atoms with van der Waals surface area (Å²) in [4.78, 5) is 55.1. The number of benzene rings is 1. The summed E-state index contributed by atoms with van der Waals surface area (Å²) in [6.07, 6.45) is 1.42. The van der Waals surface area contributed by atoms with Gasteiger partial charge in [0.25, 0.3) is 0 Å². The number of carbonyl (C=O) groups excluding carboxylic acids is 3. The predicted octanol–water partition coefficient (Wildman–Crippen LogP) is 0.439. The van der Waals surface area contributed by atoms with E-state index < -0.39 is 48.0 Å². The molecule has 0 aliphatic rings. The topological polar surface area (TPSA) is 183 Å². The second-order valence-electron chi connectivity index (χ2n) is 6.50. The fourth-order valence-corrected chi connectivity index (χ4v) is 2.40. The third kappa shape index (κ3) is 8.98. The zero-order valence-electron chi connectivity index (χ0n) is 17.1. The fraction of sp³-hybridized carbons (Fsp3) is 0.350. The van der Waals surface area contributed by atoms with Gasteiger partial charge in [-0.2, -0.15) is 0 Å². The van der Waals surface area contributed by atoms with E-state index in [0.717, 1.165) is 31.0 Å². The second kappa shape index (κ2) is 12.0. The number of carboxylic acids is 1. The molecule has 0 saturated carbocycles. The van der Waals surface area contributed by atoms with Crippen LogP contribution in [0.25, 0.3) is 11.0 Å². The molecule has 2 amide bonds. The quantitative estimate of drug-likeness (QED) is 0.289. The molecule has 11 nitrogen and oxygen atoms in total. The van der Waals surface area contributed by atoms with Crippen molar-refractivity contribution in [3.05, 3.63) is 34.2 Å². The monoisotopic (exact) mass is 436 g/mol. The van der Waals surface area contributed by atoms with E-state index in [1.807, 2.05) is 6.92 Å². The molecular weight excluding hydrogens is 412 g/mol. The Labute approximate surface area is 176 Å². The largest absolute Gasteiger partial charge is 0.504 e. The highest BCUT2D eigenvalue weighted by atomic mass is 16.4. The van der Waals surface area contributed by atoms with Gasteiger partial charge in [-0.1, -0.05) is 6.92 Å². The third-order valence-corrected chi connectivity index (χ3v) is 3.76. The van der Waals surface area contributed by atoms with E-state index in [0.29, 0.717) is 0 Å².